The molecular formula is C13H13N3OS. The summed E-state index contributed by atoms with van der Waals surface area (Å²) in [4.78, 5) is 5.87. The Balaban J connectivity index is 2.06. The maximum absolute atomic E-state index is 8.41. The average Bonchev–Trinajstić information content (AvgIpc) is 2.79. The van der Waals surface area contributed by atoms with E-state index in [1.54, 1.807) is 11.3 Å². The average molecular weight is 259 g/mol. The lowest BCUT2D eigenvalue weighted by atomic mass is 9.92. The number of oxime groups is 1. The van der Waals surface area contributed by atoms with E-state index in [4.69, 9.17) is 5.21 Å². The van der Waals surface area contributed by atoms with Crippen LogP contribution in [0.4, 0.5) is 5.13 Å². The molecule has 0 saturated heterocycles. The molecule has 1 aliphatic carbocycles. The molecule has 0 radical (unpaired) electrons. The molecule has 3 rings (SSSR count). The van der Waals surface area contributed by atoms with Crippen molar-refractivity contribution in [2.24, 2.45) is 5.16 Å². The van der Waals surface area contributed by atoms with Crippen LogP contribution in [0.2, 0.25) is 0 Å². The maximum Gasteiger partial charge on any atom is 0.188 e. The van der Waals surface area contributed by atoms with Gasteiger partial charge in [0.05, 0.1) is 5.69 Å². The quantitative estimate of drug-likeness (QED) is 0.377. The monoisotopic (exact) mass is 259 g/mol. The number of anilines is 1. The predicted molar refractivity (Wildman–Crippen MR) is 73.6 cm³/mol. The highest BCUT2D eigenvalue weighted by Gasteiger charge is 2.20. The largest absolute Gasteiger partial charge is 0.410 e. The van der Waals surface area contributed by atoms with Gasteiger partial charge in [-0.15, -0.1) is 11.3 Å². The van der Waals surface area contributed by atoms with E-state index in [-0.39, 0.29) is 0 Å². The van der Waals surface area contributed by atoms with Crippen molar-refractivity contribution in [3.63, 3.8) is 0 Å². The van der Waals surface area contributed by atoms with Gasteiger partial charge in [-0.05, 0) is 31.4 Å². The second kappa shape index (κ2) is 4.42. The number of thiazole rings is 1. The van der Waals surface area contributed by atoms with Crippen LogP contribution in [-0.4, -0.2) is 16.5 Å². The number of rotatable bonds is 2. The fraction of sp³-hybridized carbons (Fsp3) is 0.231. The molecule has 0 bridgehead atoms. The molecule has 5 heteroatoms. The van der Waals surface area contributed by atoms with E-state index < -0.39 is 0 Å². The van der Waals surface area contributed by atoms with Gasteiger partial charge in [0.25, 0.3) is 0 Å². The van der Waals surface area contributed by atoms with E-state index in [1.165, 1.54) is 27.9 Å². The second-order valence-corrected chi connectivity index (χ2v) is 5.42. The lowest BCUT2D eigenvalue weighted by Crippen LogP contribution is -2.02. The molecule has 1 aliphatic rings. The minimum atomic E-state index is 0.771. The predicted octanol–water partition coefficient (Wildman–Crippen LogP) is 3.05. The molecule has 0 unspecified atom stereocenters. The van der Waals surface area contributed by atoms with Crippen LogP contribution in [0.3, 0.4) is 0 Å². The highest BCUT2D eigenvalue weighted by Crippen LogP contribution is 2.38. The third kappa shape index (κ3) is 1.86. The van der Waals surface area contributed by atoms with Gasteiger partial charge in [0.1, 0.15) is 6.34 Å². The smallest absolute Gasteiger partial charge is 0.188 e. The van der Waals surface area contributed by atoms with Gasteiger partial charge < -0.3 is 10.5 Å². The topological polar surface area (TPSA) is 57.5 Å². The van der Waals surface area contributed by atoms with Gasteiger partial charge in [-0.2, -0.15) is 0 Å². The van der Waals surface area contributed by atoms with Gasteiger partial charge in [0.2, 0.25) is 0 Å². The molecule has 0 spiro atoms. The lowest BCUT2D eigenvalue weighted by molar-refractivity contribution is 0.321. The molecular weight excluding hydrogens is 246 g/mol. The molecule has 0 atom stereocenters. The van der Waals surface area contributed by atoms with Crippen molar-refractivity contribution in [1.82, 2.24) is 4.98 Å². The van der Waals surface area contributed by atoms with E-state index >= 15 is 0 Å². The number of hydrogen-bond acceptors (Lipinski definition) is 4. The van der Waals surface area contributed by atoms with Gasteiger partial charge in [-0.1, -0.05) is 22.9 Å². The van der Waals surface area contributed by atoms with Gasteiger partial charge >= 0.3 is 0 Å². The van der Waals surface area contributed by atoms with Gasteiger partial charge in [0, 0.05) is 10.4 Å². The number of hydrogen-bond donors (Lipinski definition) is 2. The minimum Gasteiger partial charge on any atom is -0.410 e. The molecule has 4 nitrogen and oxygen atoms in total. The number of fused-ring (bicyclic) bond motifs is 3. The van der Waals surface area contributed by atoms with Crippen LogP contribution in [0.5, 0.6) is 0 Å². The lowest BCUT2D eigenvalue weighted by Gasteiger charge is -2.15. The van der Waals surface area contributed by atoms with Crippen molar-refractivity contribution in [3.05, 3.63) is 34.2 Å². The summed E-state index contributed by atoms with van der Waals surface area (Å²) in [5.41, 5.74) is 4.92. The second-order valence-electron chi connectivity index (χ2n) is 4.34. The van der Waals surface area contributed by atoms with Crippen LogP contribution in [0.1, 0.15) is 16.0 Å². The Hall–Kier alpha value is -1.88. The zero-order chi connectivity index (χ0) is 12.5. The number of benzene rings is 1. The molecule has 2 aromatic rings. The van der Waals surface area contributed by atoms with Crippen LogP contribution < -0.4 is 5.32 Å². The molecule has 92 valence electrons. The van der Waals surface area contributed by atoms with Crippen molar-refractivity contribution < 1.29 is 5.21 Å². The first kappa shape index (κ1) is 11.2. The normalized spacial score (nSPS) is 13.4. The SMILES string of the molecule is Cc1ccc2c(c1)-c1nc(N/C=N\O)sc1CC2. The summed E-state index contributed by atoms with van der Waals surface area (Å²) in [6, 6.07) is 6.53. The number of nitrogens with one attached hydrogen (secondary N) is 1. The third-order valence-corrected chi connectivity index (χ3v) is 4.13. The van der Waals surface area contributed by atoms with E-state index in [2.05, 4.69) is 40.6 Å². The van der Waals surface area contributed by atoms with Crippen molar-refractivity contribution in [3.8, 4) is 11.3 Å². The van der Waals surface area contributed by atoms with E-state index in [0.29, 0.717) is 0 Å². The molecule has 0 fully saturated rings. The first-order chi connectivity index (χ1) is 8.78. The van der Waals surface area contributed by atoms with Crippen LogP contribution >= 0.6 is 11.3 Å². The number of nitrogens with zero attached hydrogens (tertiary/aromatic N) is 2. The van der Waals surface area contributed by atoms with E-state index in [9.17, 15) is 0 Å². The first-order valence-corrected chi connectivity index (χ1v) is 6.61. The summed E-state index contributed by atoms with van der Waals surface area (Å²) in [7, 11) is 0. The summed E-state index contributed by atoms with van der Waals surface area (Å²) in [5, 5.41) is 15.0. The van der Waals surface area contributed by atoms with E-state index in [1.807, 2.05) is 0 Å². The molecule has 0 amide bonds. The molecule has 2 N–H and O–H groups in total. The fourth-order valence-corrected chi connectivity index (χ4v) is 3.19. The van der Waals surface area contributed by atoms with Gasteiger partial charge in [0.15, 0.2) is 5.13 Å². The van der Waals surface area contributed by atoms with Crippen LogP contribution in [-0.2, 0) is 12.8 Å². The molecule has 1 heterocycles. The summed E-state index contributed by atoms with van der Waals surface area (Å²) in [5.74, 6) is 0. The molecule has 0 aliphatic heterocycles. The van der Waals surface area contributed by atoms with Crippen molar-refractivity contribution in [1.29, 1.82) is 0 Å². The number of aryl methyl sites for hydroxylation is 3. The Kier molecular flexibility index (Phi) is 2.76. The van der Waals surface area contributed by atoms with Gasteiger partial charge in [-0.3, -0.25) is 0 Å². The van der Waals surface area contributed by atoms with Crippen LogP contribution in [0.15, 0.2) is 23.4 Å². The zero-order valence-corrected chi connectivity index (χ0v) is 10.8. The molecule has 1 aromatic heterocycles. The summed E-state index contributed by atoms with van der Waals surface area (Å²) >= 11 is 1.62. The Morgan fingerprint density at radius 2 is 2.33 bits per heavy atom. The Morgan fingerprint density at radius 1 is 1.44 bits per heavy atom. The summed E-state index contributed by atoms with van der Waals surface area (Å²) in [6.07, 6.45) is 3.33. The van der Waals surface area contributed by atoms with Crippen LogP contribution in [0.25, 0.3) is 11.3 Å². The zero-order valence-electron chi connectivity index (χ0n) is 9.97. The van der Waals surface area contributed by atoms with Crippen LogP contribution in [0, 0.1) is 6.92 Å². The first-order valence-electron chi connectivity index (χ1n) is 5.80. The highest BCUT2D eigenvalue weighted by atomic mass is 32.1. The molecule has 0 saturated carbocycles. The van der Waals surface area contributed by atoms with E-state index in [0.717, 1.165) is 23.7 Å². The minimum absolute atomic E-state index is 0.771. The molecule has 1 aromatic carbocycles. The highest BCUT2D eigenvalue weighted by molar-refractivity contribution is 7.16. The maximum atomic E-state index is 8.41. The van der Waals surface area contributed by atoms with Gasteiger partial charge in [-0.25, -0.2) is 4.98 Å². The van der Waals surface area contributed by atoms with Crippen molar-refractivity contribution in [2.45, 2.75) is 19.8 Å². The van der Waals surface area contributed by atoms with Crippen molar-refractivity contribution in [2.75, 3.05) is 5.32 Å². The third-order valence-electron chi connectivity index (χ3n) is 3.08. The summed E-state index contributed by atoms with van der Waals surface area (Å²) < 4.78 is 0. The fourth-order valence-electron chi connectivity index (χ4n) is 2.25. The number of aromatic nitrogens is 1. The Morgan fingerprint density at radius 3 is 3.17 bits per heavy atom. The molecule has 18 heavy (non-hydrogen) atoms. The Labute approximate surface area is 109 Å². The standard InChI is InChI=1S/C13H13N3OS/c1-8-2-3-9-4-5-11-12(10(9)6-8)16-13(18-11)14-7-15-17/h2-3,6-7,17H,4-5H2,1H3,(H,14,15,16). The van der Waals surface area contributed by atoms with Crippen molar-refractivity contribution >= 4 is 22.8 Å². The Bertz CT molecular complexity index is 619. The summed E-state index contributed by atoms with van der Waals surface area (Å²) in [6.45, 7) is 2.10.